The van der Waals surface area contributed by atoms with Crippen LogP contribution in [-0.2, 0) is 11.0 Å². The summed E-state index contributed by atoms with van der Waals surface area (Å²) in [4.78, 5) is 18.5. The van der Waals surface area contributed by atoms with Crippen LogP contribution in [0.1, 0.15) is 16.7 Å². The van der Waals surface area contributed by atoms with E-state index in [-0.39, 0.29) is 6.01 Å². The van der Waals surface area contributed by atoms with Crippen LogP contribution in [0.15, 0.2) is 54.9 Å². The standard InChI is InChI=1S/C17H13F3N2O3/c1-25-16-21-9-12(10-22-16)14(3-2-4-15(23)24)11-5-7-13(8-6-11)17(18,19)20/h2-10H,1H3,(H,23,24)/b4-2+,14-3+. The number of carbonyl (C=O) groups is 1. The second kappa shape index (κ2) is 7.61. The van der Waals surface area contributed by atoms with Gasteiger partial charge in [-0.1, -0.05) is 24.3 Å². The number of halogens is 3. The minimum absolute atomic E-state index is 0.136. The number of aliphatic carboxylic acids is 1. The van der Waals surface area contributed by atoms with E-state index >= 15 is 0 Å². The van der Waals surface area contributed by atoms with E-state index in [0.717, 1.165) is 18.2 Å². The molecule has 25 heavy (non-hydrogen) atoms. The van der Waals surface area contributed by atoms with Gasteiger partial charge in [-0.3, -0.25) is 0 Å². The summed E-state index contributed by atoms with van der Waals surface area (Å²) in [7, 11) is 1.40. The minimum atomic E-state index is -4.44. The van der Waals surface area contributed by atoms with Gasteiger partial charge in [0, 0.05) is 24.0 Å². The van der Waals surface area contributed by atoms with E-state index in [4.69, 9.17) is 9.84 Å². The number of allylic oxidation sites excluding steroid dienone is 2. The van der Waals surface area contributed by atoms with Gasteiger partial charge in [-0.2, -0.15) is 13.2 Å². The van der Waals surface area contributed by atoms with Crippen molar-refractivity contribution in [3.8, 4) is 6.01 Å². The van der Waals surface area contributed by atoms with Crippen molar-refractivity contribution in [2.24, 2.45) is 0 Å². The van der Waals surface area contributed by atoms with Crippen LogP contribution in [0, 0.1) is 0 Å². The van der Waals surface area contributed by atoms with Gasteiger partial charge in [-0.25, -0.2) is 14.8 Å². The molecule has 0 saturated heterocycles. The average molecular weight is 350 g/mol. The number of aromatic nitrogens is 2. The third kappa shape index (κ3) is 4.90. The van der Waals surface area contributed by atoms with Crippen LogP contribution in [0.5, 0.6) is 6.01 Å². The van der Waals surface area contributed by atoms with Gasteiger partial charge in [0.15, 0.2) is 0 Å². The molecule has 0 aliphatic rings. The van der Waals surface area contributed by atoms with Crippen LogP contribution in [-0.4, -0.2) is 28.2 Å². The molecular weight excluding hydrogens is 337 g/mol. The summed E-state index contributed by atoms with van der Waals surface area (Å²) in [5.74, 6) is -1.14. The third-order valence-corrected chi connectivity index (χ3v) is 3.15. The van der Waals surface area contributed by atoms with Crippen molar-refractivity contribution in [2.45, 2.75) is 6.18 Å². The predicted octanol–water partition coefficient (Wildman–Crippen LogP) is 3.58. The largest absolute Gasteiger partial charge is 0.478 e. The Balaban J connectivity index is 2.45. The topological polar surface area (TPSA) is 72.3 Å². The van der Waals surface area contributed by atoms with Gasteiger partial charge >= 0.3 is 18.2 Å². The van der Waals surface area contributed by atoms with E-state index in [0.29, 0.717) is 16.7 Å². The van der Waals surface area contributed by atoms with Crippen molar-refractivity contribution >= 4 is 11.5 Å². The minimum Gasteiger partial charge on any atom is -0.478 e. The SMILES string of the molecule is COc1ncc(/C(=C/C=C/C(=O)O)c2ccc(C(F)(F)F)cc2)cn1. The molecule has 0 atom stereocenters. The molecule has 0 bridgehead atoms. The summed E-state index contributed by atoms with van der Waals surface area (Å²) in [5.41, 5.74) is 0.643. The zero-order chi connectivity index (χ0) is 18.4. The summed E-state index contributed by atoms with van der Waals surface area (Å²) >= 11 is 0. The lowest BCUT2D eigenvalue weighted by Gasteiger charge is -2.10. The Hall–Kier alpha value is -3.16. The number of methoxy groups -OCH3 is 1. The Labute approximate surface area is 141 Å². The molecular formula is C17H13F3N2O3. The second-order valence-electron chi connectivity index (χ2n) is 4.81. The zero-order valence-corrected chi connectivity index (χ0v) is 13.0. The van der Waals surface area contributed by atoms with E-state index in [1.807, 2.05) is 0 Å². The summed E-state index contributed by atoms with van der Waals surface area (Å²) < 4.78 is 42.9. The first-order valence-corrected chi connectivity index (χ1v) is 6.96. The molecule has 5 nitrogen and oxygen atoms in total. The Morgan fingerprint density at radius 1 is 1.12 bits per heavy atom. The molecule has 0 unspecified atom stereocenters. The number of carboxylic acids is 1. The fourth-order valence-electron chi connectivity index (χ4n) is 1.99. The number of hydrogen-bond donors (Lipinski definition) is 1. The van der Waals surface area contributed by atoms with Crippen molar-refractivity contribution < 1.29 is 27.8 Å². The van der Waals surface area contributed by atoms with Crippen molar-refractivity contribution in [1.29, 1.82) is 0 Å². The van der Waals surface area contributed by atoms with Crippen LogP contribution >= 0.6 is 0 Å². The Bertz CT molecular complexity index is 795. The summed E-state index contributed by atoms with van der Waals surface area (Å²) in [6, 6.07) is 4.64. The second-order valence-corrected chi connectivity index (χ2v) is 4.81. The highest BCUT2D eigenvalue weighted by Crippen LogP contribution is 2.31. The molecule has 0 saturated carbocycles. The lowest BCUT2D eigenvalue weighted by Crippen LogP contribution is -2.04. The molecule has 0 amide bonds. The first kappa shape index (κ1) is 18.2. The molecule has 130 valence electrons. The van der Waals surface area contributed by atoms with Gasteiger partial charge < -0.3 is 9.84 Å². The number of alkyl halides is 3. The summed E-state index contributed by atoms with van der Waals surface area (Å²) in [6.45, 7) is 0. The fraction of sp³-hybridized carbons (Fsp3) is 0.118. The maximum Gasteiger partial charge on any atom is 0.416 e. The van der Waals surface area contributed by atoms with E-state index in [1.54, 1.807) is 0 Å². The molecule has 1 N–H and O–H groups in total. The molecule has 0 spiro atoms. The number of ether oxygens (including phenoxy) is 1. The molecule has 0 fully saturated rings. The van der Waals surface area contributed by atoms with E-state index in [9.17, 15) is 18.0 Å². The zero-order valence-electron chi connectivity index (χ0n) is 13.0. The van der Waals surface area contributed by atoms with Gasteiger partial charge in [0.1, 0.15) is 0 Å². The number of carboxylic acid groups (broad SMARTS) is 1. The Morgan fingerprint density at radius 3 is 2.20 bits per heavy atom. The van der Waals surface area contributed by atoms with Gasteiger partial charge in [-0.05, 0) is 23.3 Å². The number of rotatable bonds is 5. The van der Waals surface area contributed by atoms with Gasteiger partial charge in [0.05, 0.1) is 12.7 Å². The van der Waals surface area contributed by atoms with Gasteiger partial charge in [0.25, 0.3) is 0 Å². The first-order chi connectivity index (χ1) is 11.8. The number of benzene rings is 1. The highest BCUT2D eigenvalue weighted by molar-refractivity contribution is 5.83. The summed E-state index contributed by atoms with van der Waals surface area (Å²) in [5, 5.41) is 8.68. The van der Waals surface area contributed by atoms with Crippen LogP contribution in [0.4, 0.5) is 13.2 Å². The normalized spacial score (nSPS) is 12.4. The molecule has 1 aromatic heterocycles. The maximum absolute atomic E-state index is 12.7. The lowest BCUT2D eigenvalue weighted by molar-refractivity contribution is -0.137. The average Bonchev–Trinajstić information content (AvgIpc) is 2.58. The molecule has 8 heteroatoms. The first-order valence-electron chi connectivity index (χ1n) is 6.96. The maximum atomic E-state index is 12.7. The van der Waals surface area contributed by atoms with Gasteiger partial charge in [0.2, 0.25) is 0 Å². The van der Waals surface area contributed by atoms with Crippen LogP contribution in [0.2, 0.25) is 0 Å². The lowest BCUT2D eigenvalue weighted by atomic mass is 9.98. The molecule has 0 aliphatic carbocycles. The Kier molecular flexibility index (Phi) is 5.53. The van der Waals surface area contributed by atoms with Crippen molar-refractivity contribution in [3.05, 3.63) is 71.6 Å². The molecule has 2 rings (SSSR count). The number of nitrogens with zero attached hydrogens (tertiary/aromatic N) is 2. The molecule has 1 aromatic carbocycles. The Morgan fingerprint density at radius 2 is 1.72 bits per heavy atom. The molecule has 0 aliphatic heterocycles. The summed E-state index contributed by atoms with van der Waals surface area (Å²) in [6.07, 6.45) is 2.08. The van der Waals surface area contributed by atoms with E-state index in [2.05, 4.69) is 9.97 Å². The van der Waals surface area contributed by atoms with E-state index < -0.39 is 17.7 Å². The molecule has 2 aromatic rings. The third-order valence-electron chi connectivity index (χ3n) is 3.15. The van der Waals surface area contributed by atoms with Gasteiger partial charge in [-0.15, -0.1) is 0 Å². The van der Waals surface area contributed by atoms with Crippen LogP contribution < -0.4 is 4.74 Å². The highest BCUT2D eigenvalue weighted by atomic mass is 19.4. The monoisotopic (exact) mass is 350 g/mol. The van der Waals surface area contributed by atoms with Crippen LogP contribution in [0.25, 0.3) is 5.57 Å². The quantitative estimate of drug-likeness (QED) is 0.659. The van der Waals surface area contributed by atoms with Crippen molar-refractivity contribution in [1.82, 2.24) is 9.97 Å². The van der Waals surface area contributed by atoms with Crippen molar-refractivity contribution in [2.75, 3.05) is 7.11 Å². The highest BCUT2D eigenvalue weighted by Gasteiger charge is 2.30. The van der Waals surface area contributed by atoms with Crippen LogP contribution in [0.3, 0.4) is 0 Å². The van der Waals surface area contributed by atoms with E-state index in [1.165, 1.54) is 43.8 Å². The van der Waals surface area contributed by atoms with Crippen molar-refractivity contribution in [3.63, 3.8) is 0 Å². The number of hydrogen-bond acceptors (Lipinski definition) is 4. The molecule has 0 radical (unpaired) electrons. The smallest absolute Gasteiger partial charge is 0.416 e. The fourth-order valence-corrected chi connectivity index (χ4v) is 1.99. The predicted molar refractivity (Wildman–Crippen MR) is 83.9 cm³/mol. The molecule has 1 heterocycles.